The summed E-state index contributed by atoms with van der Waals surface area (Å²) in [5.41, 5.74) is 0.439. The van der Waals surface area contributed by atoms with Crippen molar-refractivity contribution in [1.82, 2.24) is 4.98 Å². The number of hydrogen-bond donors (Lipinski definition) is 1. The zero-order valence-corrected chi connectivity index (χ0v) is 17.8. The Kier molecular flexibility index (Phi) is 5.77. The number of halogens is 2. The molecule has 1 N–H and O–H groups in total. The number of thiazole rings is 1. The molecule has 1 heterocycles. The lowest BCUT2D eigenvalue weighted by Gasteiger charge is -2.19. The normalized spacial score (nSPS) is 14.9. The van der Waals surface area contributed by atoms with Crippen LogP contribution in [0.2, 0.25) is 4.34 Å². The number of carbonyl (C=O) groups excluding carboxylic acids is 1. The van der Waals surface area contributed by atoms with Crippen LogP contribution in [-0.2, 0) is 14.6 Å². The van der Waals surface area contributed by atoms with Crippen molar-refractivity contribution in [3.8, 4) is 5.75 Å². The van der Waals surface area contributed by atoms with Crippen LogP contribution in [0.5, 0.6) is 5.75 Å². The summed E-state index contributed by atoms with van der Waals surface area (Å²) in [6, 6.07) is 11.3. The van der Waals surface area contributed by atoms with Gasteiger partial charge in [0.1, 0.15) is 15.9 Å². The minimum Gasteiger partial charge on any atom is -0.476 e. The molecule has 1 unspecified atom stereocenters. The van der Waals surface area contributed by atoms with Gasteiger partial charge >= 0.3 is 0 Å². The van der Waals surface area contributed by atoms with Gasteiger partial charge in [-0.25, -0.2) is 17.8 Å². The van der Waals surface area contributed by atoms with Gasteiger partial charge in [-0.15, -0.1) is 0 Å². The molecule has 3 aromatic rings. The van der Waals surface area contributed by atoms with E-state index in [0.29, 0.717) is 27.9 Å². The van der Waals surface area contributed by atoms with E-state index in [-0.39, 0.29) is 15.9 Å². The molecule has 1 aliphatic carbocycles. The van der Waals surface area contributed by atoms with Gasteiger partial charge < -0.3 is 4.74 Å². The topological polar surface area (TPSA) is 85.4 Å². The second-order valence-corrected chi connectivity index (χ2v) is 10.6. The van der Waals surface area contributed by atoms with Crippen molar-refractivity contribution in [3.05, 3.63) is 70.4 Å². The number of amides is 1. The number of nitrogens with zero attached hydrogens (tertiary/aromatic N) is 1. The summed E-state index contributed by atoms with van der Waals surface area (Å²) in [6.45, 7) is 0. The van der Waals surface area contributed by atoms with E-state index in [2.05, 4.69) is 10.3 Å². The fourth-order valence-electron chi connectivity index (χ4n) is 2.81. The Bertz CT molecular complexity index is 1160. The summed E-state index contributed by atoms with van der Waals surface area (Å²) >= 11 is 6.95. The summed E-state index contributed by atoms with van der Waals surface area (Å²) in [5.74, 6) is -0.679. The maximum Gasteiger partial charge on any atom is 0.271 e. The van der Waals surface area contributed by atoms with Gasteiger partial charge in [0.05, 0.1) is 16.3 Å². The predicted octanol–water partition coefficient (Wildman–Crippen LogP) is 4.63. The summed E-state index contributed by atoms with van der Waals surface area (Å²) in [5, 5.41) is 2.60. The first-order chi connectivity index (χ1) is 14.3. The lowest BCUT2D eigenvalue weighted by Crippen LogP contribution is -2.25. The monoisotopic (exact) mass is 466 g/mol. The molecule has 1 saturated carbocycles. The largest absolute Gasteiger partial charge is 0.476 e. The number of rotatable bonds is 7. The van der Waals surface area contributed by atoms with Crippen LogP contribution in [0.4, 0.5) is 9.52 Å². The molecule has 6 nitrogen and oxygen atoms in total. The molecule has 0 spiro atoms. The Morgan fingerprint density at radius 3 is 2.40 bits per heavy atom. The Balaban J connectivity index is 1.61. The zero-order valence-electron chi connectivity index (χ0n) is 15.4. The van der Waals surface area contributed by atoms with E-state index in [9.17, 15) is 17.6 Å². The van der Waals surface area contributed by atoms with Crippen LogP contribution in [0.25, 0.3) is 0 Å². The number of hydrogen-bond acceptors (Lipinski definition) is 6. The highest BCUT2D eigenvalue weighted by atomic mass is 35.5. The Hall–Kier alpha value is -2.49. The van der Waals surface area contributed by atoms with E-state index in [4.69, 9.17) is 16.3 Å². The van der Waals surface area contributed by atoms with Gasteiger partial charge in [-0.05, 0) is 49.2 Å². The number of carbonyl (C=O) groups is 1. The molecule has 2 aromatic carbocycles. The minimum absolute atomic E-state index is 0.210. The van der Waals surface area contributed by atoms with Crippen molar-refractivity contribution in [2.45, 2.75) is 29.1 Å². The fourth-order valence-corrected chi connectivity index (χ4v) is 5.28. The van der Waals surface area contributed by atoms with Gasteiger partial charge in [0, 0.05) is 5.56 Å². The third kappa shape index (κ3) is 4.63. The standard InChI is InChI=1S/C20H16ClFN2O4S2/c21-17-11-23-20(29-17)24-19(25)18(28-14-5-3-13(22)4-6-14)12-1-7-15(8-2-12)30(26,27)16-9-10-16/h1-8,11,16,18H,9-10H2,(H,23,24,25). The summed E-state index contributed by atoms with van der Waals surface area (Å²) in [4.78, 5) is 17.1. The number of ether oxygens (including phenoxy) is 1. The molecule has 10 heteroatoms. The highest BCUT2D eigenvalue weighted by Crippen LogP contribution is 2.34. The molecule has 30 heavy (non-hydrogen) atoms. The van der Waals surface area contributed by atoms with Crippen molar-refractivity contribution in [3.63, 3.8) is 0 Å². The molecule has 4 rings (SSSR count). The predicted molar refractivity (Wildman–Crippen MR) is 112 cm³/mol. The average molecular weight is 467 g/mol. The molecule has 1 fully saturated rings. The minimum atomic E-state index is -3.34. The van der Waals surface area contributed by atoms with E-state index in [1.807, 2.05) is 0 Å². The van der Waals surface area contributed by atoms with Gasteiger partial charge in [0.15, 0.2) is 15.0 Å². The van der Waals surface area contributed by atoms with Crippen LogP contribution in [0.3, 0.4) is 0 Å². The SMILES string of the molecule is O=C(Nc1ncc(Cl)s1)C(Oc1ccc(F)cc1)c1ccc(S(=O)(=O)C2CC2)cc1. The van der Waals surface area contributed by atoms with E-state index in [1.165, 1.54) is 54.7 Å². The van der Waals surface area contributed by atoms with Crippen LogP contribution in [0.1, 0.15) is 24.5 Å². The lowest BCUT2D eigenvalue weighted by molar-refractivity contribution is -0.123. The van der Waals surface area contributed by atoms with Crippen LogP contribution < -0.4 is 10.1 Å². The first-order valence-electron chi connectivity index (χ1n) is 9.01. The van der Waals surface area contributed by atoms with Crippen LogP contribution >= 0.6 is 22.9 Å². The van der Waals surface area contributed by atoms with E-state index in [0.717, 1.165) is 11.3 Å². The summed E-state index contributed by atoms with van der Waals surface area (Å²) < 4.78 is 44.2. The molecule has 0 saturated heterocycles. The zero-order chi connectivity index (χ0) is 21.3. The number of benzene rings is 2. The number of anilines is 1. The van der Waals surface area contributed by atoms with Crippen molar-refractivity contribution >= 4 is 43.8 Å². The Morgan fingerprint density at radius 1 is 1.17 bits per heavy atom. The maximum atomic E-state index is 13.2. The van der Waals surface area contributed by atoms with Gasteiger partial charge in [0.2, 0.25) is 6.10 Å². The Morgan fingerprint density at radius 2 is 1.83 bits per heavy atom. The molecular weight excluding hydrogens is 451 g/mol. The smallest absolute Gasteiger partial charge is 0.271 e. The van der Waals surface area contributed by atoms with Gasteiger partial charge in [-0.3, -0.25) is 10.1 Å². The van der Waals surface area contributed by atoms with Crippen LogP contribution in [-0.4, -0.2) is 24.6 Å². The Labute approximate surface area is 181 Å². The third-order valence-electron chi connectivity index (χ3n) is 4.49. The first kappa shape index (κ1) is 20.8. The molecule has 0 radical (unpaired) electrons. The van der Waals surface area contributed by atoms with Gasteiger partial charge in [-0.1, -0.05) is 35.1 Å². The quantitative estimate of drug-likeness (QED) is 0.548. The number of sulfone groups is 1. The molecule has 1 aromatic heterocycles. The highest BCUT2D eigenvalue weighted by molar-refractivity contribution is 7.92. The number of aromatic nitrogens is 1. The lowest BCUT2D eigenvalue weighted by atomic mass is 10.1. The van der Waals surface area contributed by atoms with E-state index < -0.39 is 27.7 Å². The van der Waals surface area contributed by atoms with E-state index in [1.54, 1.807) is 0 Å². The third-order valence-corrected chi connectivity index (χ3v) is 7.80. The highest BCUT2D eigenvalue weighted by Gasteiger charge is 2.37. The van der Waals surface area contributed by atoms with Crippen LogP contribution in [0, 0.1) is 5.82 Å². The maximum absolute atomic E-state index is 13.2. The molecule has 156 valence electrons. The number of nitrogens with one attached hydrogen (secondary N) is 1. The molecular formula is C20H16ClFN2O4S2. The molecule has 1 aliphatic rings. The fraction of sp³-hybridized carbons (Fsp3) is 0.200. The van der Waals surface area contributed by atoms with Crippen molar-refractivity contribution in [1.29, 1.82) is 0 Å². The van der Waals surface area contributed by atoms with E-state index >= 15 is 0 Å². The van der Waals surface area contributed by atoms with Crippen molar-refractivity contribution < 1.29 is 22.3 Å². The van der Waals surface area contributed by atoms with Gasteiger partial charge in [-0.2, -0.15) is 0 Å². The van der Waals surface area contributed by atoms with Crippen LogP contribution in [0.15, 0.2) is 59.6 Å². The molecule has 1 atom stereocenters. The molecule has 0 aliphatic heterocycles. The van der Waals surface area contributed by atoms with Gasteiger partial charge in [0.25, 0.3) is 5.91 Å². The second-order valence-electron chi connectivity index (χ2n) is 6.72. The summed E-state index contributed by atoms with van der Waals surface area (Å²) in [7, 11) is -3.34. The van der Waals surface area contributed by atoms with Crippen molar-refractivity contribution in [2.24, 2.45) is 0 Å². The van der Waals surface area contributed by atoms with Crippen molar-refractivity contribution in [2.75, 3.05) is 5.32 Å². The molecule has 0 bridgehead atoms. The first-order valence-corrected chi connectivity index (χ1v) is 11.8. The average Bonchev–Trinajstić information content (AvgIpc) is 3.51. The summed E-state index contributed by atoms with van der Waals surface area (Å²) in [6.07, 6.45) is 1.63. The molecule has 1 amide bonds. The second kappa shape index (κ2) is 8.33.